The van der Waals surface area contributed by atoms with Crippen molar-refractivity contribution in [2.45, 2.75) is 31.7 Å². The Morgan fingerprint density at radius 1 is 1.19 bits per heavy atom. The molecule has 84 valence electrons. The van der Waals surface area contributed by atoms with Gasteiger partial charge in [0.1, 0.15) is 5.76 Å². The van der Waals surface area contributed by atoms with Gasteiger partial charge < -0.3 is 4.52 Å². The fraction of sp³-hybridized carbons (Fsp3) is 0.364. The first-order valence-corrected chi connectivity index (χ1v) is 5.99. The van der Waals surface area contributed by atoms with Crippen molar-refractivity contribution in [2.75, 3.05) is 0 Å². The normalized spacial score (nSPS) is 10.7. The van der Waals surface area contributed by atoms with Gasteiger partial charge in [-0.2, -0.15) is 0 Å². The summed E-state index contributed by atoms with van der Waals surface area (Å²) in [7, 11) is 0. The SMILES string of the molecule is Cc1cc(C)nc(SCc2cnoc2C)n1. The van der Waals surface area contributed by atoms with Crippen LogP contribution in [0, 0.1) is 20.8 Å². The van der Waals surface area contributed by atoms with Crippen LogP contribution in [0.1, 0.15) is 22.7 Å². The molecule has 0 unspecified atom stereocenters. The maximum atomic E-state index is 5.00. The predicted molar refractivity (Wildman–Crippen MR) is 62.3 cm³/mol. The van der Waals surface area contributed by atoms with Crippen molar-refractivity contribution in [1.82, 2.24) is 15.1 Å². The van der Waals surface area contributed by atoms with Gasteiger partial charge in [-0.15, -0.1) is 0 Å². The van der Waals surface area contributed by atoms with E-state index in [0.29, 0.717) is 0 Å². The fourth-order valence-corrected chi connectivity index (χ4v) is 2.34. The van der Waals surface area contributed by atoms with E-state index in [4.69, 9.17) is 4.52 Å². The molecule has 2 aromatic rings. The number of aryl methyl sites for hydroxylation is 3. The Morgan fingerprint density at radius 2 is 1.88 bits per heavy atom. The topological polar surface area (TPSA) is 51.8 Å². The summed E-state index contributed by atoms with van der Waals surface area (Å²) < 4.78 is 5.00. The van der Waals surface area contributed by atoms with E-state index in [1.807, 2.05) is 26.8 Å². The molecule has 0 saturated heterocycles. The van der Waals surface area contributed by atoms with Crippen LogP contribution in [0.5, 0.6) is 0 Å². The van der Waals surface area contributed by atoms with Gasteiger partial charge >= 0.3 is 0 Å². The van der Waals surface area contributed by atoms with Gasteiger partial charge in [-0.25, -0.2) is 9.97 Å². The van der Waals surface area contributed by atoms with Crippen molar-refractivity contribution in [3.8, 4) is 0 Å². The third kappa shape index (κ3) is 2.61. The third-order valence-corrected chi connectivity index (χ3v) is 3.07. The molecule has 0 aromatic carbocycles. The molecule has 0 radical (unpaired) electrons. The molecule has 0 aliphatic rings. The first kappa shape index (κ1) is 11.1. The lowest BCUT2D eigenvalue weighted by Gasteiger charge is -2.01. The quantitative estimate of drug-likeness (QED) is 0.604. The molecular formula is C11H13N3OS. The Kier molecular flexibility index (Phi) is 3.24. The first-order chi connectivity index (χ1) is 7.65. The third-order valence-electron chi connectivity index (χ3n) is 2.17. The Morgan fingerprint density at radius 3 is 2.44 bits per heavy atom. The molecule has 2 aromatic heterocycles. The maximum absolute atomic E-state index is 5.00. The van der Waals surface area contributed by atoms with Crippen LogP contribution in [0.3, 0.4) is 0 Å². The van der Waals surface area contributed by atoms with Gasteiger partial charge in [-0.3, -0.25) is 0 Å². The van der Waals surface area contributed by atoms with Gasteiger partial charge in [0.25, 0.3) is 0 Å². The minimum atomic E-state index is 0.790. The summed E-state index contributed by atoms with van der Waals surface area (Å²) in [6, 6.07) is 1.97. The van der Waals surface area contributed by atoms with E-state index in [-0.39, 0.29) is 0 Å². The molecule has 4 nitrogen and oxygen atoms in total. The standard InChI is InChI=1S/C11H13N3OS/c1-7-4-8(2)14-11(13-7)16-6-10-5-12-15-9(10)3/h4-5H,6H2,1-3H3. The molecule has 0 spiro atoms. The molecule has 2 heterocycles. The van der Waals surface area contributed by atoms with Crippen LogP contribution in [0.15, 0.2) is 21.9 Å². The van der Waals surface area contributed by atoms with Crippen LogP contribution in [0.25, 0.3) is 0 Å². The van der Waals surface area contributed by atoms with Gasteiger partial charge in [0.15, 0.2) is 5.16 Å². The second-order valence-electron chi connectivity index (χ2n) is 3.63. The van der Waals surface area contributed by atoms with Crippen LogP contribution < -0.4 is 0 Å². The zero-order valence-electron chi connectivity index (χ0n) is 9.52. The molecule has 0 aliphatic heterocycles. The summed E-state index contributed by atoms with van der Waals surface area (Å²) in [5, 5.41) is 4.54. The lowest BCUT2D eigenvalue weighted by Crippen LogP contribution is -1.93. The summed E-state index contributed by atoms with van der Waals surface area (Å²) in [5.41, 5.74) is 3.09. The summed E-state index contributed by atoms with van der Waals surface area (Å²) in [4.78, 5) is 8.73. The smallest absolute Gasteiger partial charge is 0.188 e. The summed E-state index contributed by atoms with van der Waals surface area (Å²) in [6.45, 7) is 5.86. The monoisotopic (exact) mass is 235 g/mol. The second-order valence-corrected chi connectivity index (χ2v) is 4.57. The van der Waals surface area contributed by atoms with Crippen LogP contribution >= 0.6 is 11.8 Å². The Bertz CT molecular complexity index is 475. The van der Waals surface area contributed by atoms with Crippen molar-refractivity contribution in [3.63, 3.8) is 0 Å². The fourth-order valence-electron chi connectivity index (χ4n) is 1.36. The van der Waals surface area contributed by atoms with Gasteiger partial charge in [0.05, 0.1) is 6.20 Å². The van der Waals surface area contributed by atoms with Crippen LogP contribution in [-0.2, 0) is 5.75 Å². The highest BCUT2D eigenvalue weighted by atomic mass is 32.2. The molecule has 0 bridgehead atoms. The minimum Gasteiger partial charge on any atom is -0.361 e. The Balaban J connectivity index is 2.07. The highest BCUT2D eigenvalue weighted by Gasteiger charge is 2.06. The predicted octanol–water partition coefficient (Wildman–Crippen LogP) is 2.68. The number of hydrogen-bond acceptors (Lipinski definition) is 5. The van der Waals surface area contributed by atoms with Crippen molar-refractivity contribution >= 4 is 11.8 Å². The molecular weight excluding hydrogens is 222 g/mol. The lowest BCUT2D eigenvalue weighted by atomic mass is 10.3. The molecule has 2 rings (SSSR count). The van der Waals surface area contributed by atoms with Gasteiger partial charge in [0, 0.05) is 22.7 Å². The van der Waals surface area contributed by atoms with Crippen molar-refractivity contribution < 1.29 is 4.52 Å². The Hall–Kier alpha value is -1.36. The molecule has 0 amide bonds. The number of rotatable bonds is 3. The number of aromatic nitrogens is 3. The molecule has 0 atom stereocenters. The highest BCUT2D eigenvalue weighted by molar-refractivity contribution is 7.98. The van der Waals surface area contributed by atoms with E-state index in [0.717, 1.165) is 33.6 Å². The molecule has 0 fully saturated rings. The molecule has 0 N–H and O–H groups in total. The van der Waals surface area contributed by atoms with E-state index in [9.17, 15) is 0 Å². The van der Waals surface area contributed by atoms with E-state index in [2.05, 4.69) is 15.1 Å². The summed E-state index contributed by atoms with van der Waals surface area (Å²) in [5.74, 6) is 1.65. The Labute approximate surface area is 98.5 Å². The average molecular weight is 235 g/mol. The average Bonchev–Trinajstić information content (AvgIpc) is 2.59. The van der Waals surface area contributed by atoms with Gasteiger partial charge in [0.2, 0.25) is 0 Å². The van der Waals surface area contributed by atoms with E-state index in [1.54, 1.807) is 18.0 Å². The van der Waals surface area contributed by atoms with Crippen LogP contribution in [0.4, 0.5) is 0 Å². The summed E-state index contributed by atoms with van der Waals surface area (Å²) in [6.07, 6.45) is 1.74. The van der Waals surface area contributed by atoms with E-state index >= 15 is 0 Å². The van der Waals surface area contributed by atoms with Crippen LogP contribution in [-0.4, -0.2) is 15.1 Å². The second kappa shape index (κ2) is 4.65. The molecule has 0 aliphatic carbocycles. The maximum Gasteiger partial charge on any atom is 0.188 e. The van der Waals surface area contributed by atoms with E-state index in [1.165, 1.54) is 0 Å². The zero-order chi connectivity index (χ0) is 11.5. The number of nitrogens with zero attached hydrogens (tertiary/aromatic N) is 3. The summed E-state index contributed by atoms with van der Waals surface area (Å²) >= 11 is 1.60. The van der Waals surface area contributed by atoms with Gasteiger partial charge in [-0.1, -0.05) is 16.9 Å². The van der Waals surface area contributed by atoms with Crippen molar-refractivity contribution in [3.05, 3.63) is 35.0 Å². The van der Waals surface area contributed by atoms with Gasteiger partial charge in [-0.05, 0) is 26.8 Å². The minimum absolute atomic E-state index is 0.790. The largest absolute Gasteiger partial charge is 0.361 e. The number of hydrogen-bond donors (Lipinski definition) is 0. The zero-order valence-corrected chi connectivity index (χ0v) is 10.3. The first-order valence-electron chi connectivity index (χ1n) is 5.00. The molecule has 5 heteroatoms. The van der Waals surface area contributed by atoms with Crippen molar-refractivity contribution in [1.29, 1.82) is 0 Å². The lowest BCUT2D eigenvalue weighted by molar-refractivity contribution is 0.396. The van der Waals surface area contributed by atoms with E-state index < -0.39 is 0 Å². The molecule has 16 heavy (non-hydrogen) atoms. The van der Waals surface area contributed by atoms with Crippen molar-refractivity contribution in [2.24, 2.45) is 0 Å². The van der Waals surface area contributed by atoms with Crippen LogP contribution in [0.2, 0.25) is 0 Å². The molecule has 0 saturated carbocycles. The highest BCUT2D eigenvalue weighted by Crippen LogP contribution is 2.21. The number of thioether (sulfide) groups is 1.